The fourth-order valence-electron chi connectivity index (χ4n) is 2.77. The van der Waals surface area contributed by atoms with Crippen molar-refractivity contribution in [3.05, 3.63) is 71.3 Å². The van der Waals surface area contributed by atoms with Gasteiger partial charge in [0.05, 0.1) is 17.5 Å². The summed E-state index contributed by atoms with van der Waals surface area (Å²) in [6, 6.07) is 15.7. The van der Waals surface area contributed by atoms with Crippen LogP contribution in [-0.2, 0) is 9.63 Å². The fraction of sp³-hybridized carbons (Fsp3) is 0.150. The zero-order chi connectivity index (χ0) is 17.8. The molecule has 124 valence electrons. The fourth-order valence-corrected chi connectivity index (χ4v) is 2.77. The van der Waals surface area contributed by atoms with Crippen LogP contribution in [-0.4, -0.2) is 22.8 Å². The smallest absolute Gasteiger partial charge is 0.330 e. The number of hydrogen-bond acceptors (Lipinski definition) is 4. The SMILES string of the molecule is C#CCC(CC(=O)ON1C(=O)c2ccccc2C1=O)c1ccccc1. The number of hydroxylamine groups is 2. The average molecular weight is 333 g/mol. The number of benzene rings is 2. The molecule has 0 saturated carbocycles. The van der Waals surface area contributed by atoms with E-state index in [0.29, 0.717) is 11.5 Å². The molecule has 0 spiro atoms. The van der Waals surface area contributed by atoms with Crippen LogP contribution in [0.25, 0.3) is 0 Å². The van der Waals surface area contributed by atoms with Gasteiger partial charge in [-0.05, 0) is 17.7 Å². The van der Waals surface area contributed by atoms with Crippen LogP contribution in [0.3, 0.4) is 0 Å². The third-order valence-electron chi connectivity index (χ3n) is 4.00. The van der Waals surface area contributed by atoms with Crippen LogP contribution in [0.2, 0.25) is 0 Å². The maximum atomic E-state index is 12.3. The lowest BCUT2D eigenvalue weighted by molar-refractivity contribution is -0.169. The van der Waals surface area contributed by atoms with Gasteiger partial charge < -0.3 is 4.84 Å². The molecular weight excluding hydrogens is 318 g/mol. The molecular formula is C20H15NO4. The van der Waals surface area contributed by atoms with E-state index < -0.39 is 17.8 Å². The van der Waals surface area contributed by atoms with E-state index in [4.69, 9.17) is 11.3 Å². The highest BCUT2D eigenvalue weighted by atomic mass is 16.7. The van der Waals surface area contributed by atoms with Gasteiger partial charge >= 0.3 is 5.97 Å². The van der Waals surface area contributed by atoms with Crippen molar-refractivity contribution in [2.45, 2.75) is 18.8 Å². The molecule has 1 aliphatic heterocycles. The molecule has 5 nitrogen and oxygen atoms in total. The average Bonchev–Trinajstić information content (AvgIpc) is 2.87. The molecule has 2 aromatic rings. The summed E-state index contributed by atoms with van der Waals surface area (Å²) in [5, 5.41) is 0.519. The zero-order valence-corrected chi connectivity index (χ0v) is 13.3. The molecule has 0 bridgehead atoms. The van der Waals surface area contributed by atoms with E-state index in [1.807, 2.05) is 30.3 Å². The second-order valence-electron chi connectivity index (χ2n) is 5.63. The summed E-state index contributed by atoms with van der Waals surface area (Å²) in [6.45, 7) is 0. The standard InChI is InChI=1S/C20H15NO4/c1-2-8-15(14-9-4-3-5-10-14)13-18(22)25-21-19(23)16-11-6-7-12-17(16)20(21)24/h1,3-7,9-12,15H,8,13H2. The van der Waals surface area contributed by atoms with Crippen LogP contribution < -0.4 is 0 Å². The maximum Gasteiger partial charge on any atom is 0.333 e. The van der Waals surface area contributed by atoms with Gasteiger partial charge in [-0.15, -0.1) is 12.3 Å². The van der Waals surface area contributed by atoms with Gasteiger partial charge in [0.1, 0.15) is 0 Å². The van der Waals surface area contributed by atoms with Gasteiger partial charge in [-0.3, -0.25) is 9.59 Å². The molecule has 1 unspecified atom stereocenters. The molecule has 0 saturated heterocycles. The predicted molar refractivity (Wildman–Crippen MR) is 90.3 cm³/mol. The van der Waals surface area contributed by atoms with Crippen LogP contribution in [0.15, 0.2) is 54.6 Å². The molecule has 0 N–H and O–H groups in total. The molecule has 3 rings (SSSR count). The van der Waals surface area contributed by atoms with Crippen molar-refractivity contribution in [3.63, 3.8) is 0 Å². The first-order chi connectivity index (χ1) is 12.1. The van der Waals surface area contributed by atoms with Crippen LogP contribution in [0.4, 0.5) is 0 Å². The zero-order valence-electron chi connectivity index (χ0n) is 13.3. The number of amides is 2. The highest BCUT2D eigenvalue weighted by molar-refractivity contribution is 6.20. The minimum atomic E-state index is -0.682. The Morgan fingerprint density at radius 2 is 1.56 bits per heavy atom. The second-order valence-corrected chi connectivity index (χ2v) is 5.63. The lowest BCUT2D eigenvalue weighted by Crippen LogP contribution is -2.33. The molecule has 25 heavy (non-hydrogen) atoms. The van der Waals surface area contributed by atoms with Crippen molar-refractivity contribution in [1.82, 2.24) is 5.06 Å². The first-order valence-electron chi connectivity index (χ1n) is 7.79. The van der Waals surface area contributed by atoms with E-state index in [-0.39, 0.29) is 23.5 Å². The summed E-state index contributed by atoms with van der Waals surface area (Å²) >= 11 is 0. The van der Waals surface area contributed by atoms with E-state index in [0.717, 1.165) is 5.56 Å². The highest BCUT2D eigenvalue weighted by Gasteiger charge is 2.38. The largest absolute Gasteiger partial charge is 0.333 e. The highest BCUT2D eigenvalue weighted by Crippen LogP contribution is 2.26. The Morgan fingerprint density at radius 1 is 1.00 bits per heavy atom. The Morgan fingerprint density at radius 3 is 2.12 bits per heavy atom. The van der Waals surface area contributed by atoms with Gasteiger partial charge in [0.25, 0.3) is 11.8 Å². The van der Waals surface area contributed by atoms with E-state index in [1.54, 1.807) is 12.1 Å². The third-order valence-corrected chi connectivity index (χ3v) is 4.00. The molecule has 1 heterocycles. The summed E-state index contributed by atoms with van der Waals surface area (Å²) in [5.41, 5.74) is 1.35. The predicted octanol–water partition coefficient (Wildman–Crippen LogP) is 2.94. The Hall–Kier alpha value is -3.39. The van der Waals surface area contributed by atoms with Crippen molar-refractivity contribution < 1.29 is 19.2 Å². The molecule has 0 radical (unpaired) electrons. The summed E-state index contributed by atoms with van der Waals surface area (Å²) in [4.78, 5) is 41.7. The maximum absolute atomic E-state index is 12.3. The van der Waals surface area contributed by atoms with Gasteiger partial charge in [0.15, 0.2) is 0 Å². The van der Waals surface area contributed by atoms with E-state index in [2.05, 4.69) is 5.92 Å². The van der Waals surface area contributed by atoms with E-state index in [1.165, 1.54) is 12.1 Å². The summed E-state index contributed by atoms with van der Waals surface area (Å²) in [5.74, 6) is 0.344. The quantitative estimate of drug-likeness (QED) is 0.623. The first-order valence-corrected chi connectivity index (χ1v) is 7.79. The number of carbonyl (C=O) groups is 3. The molecule has 1 aliphatic rings. The Labute approximate surface area is 145 Å². The summed E-state index contributed by atoms with van der Waals surface area (Å²) in [7, 11) is 0. The van der Waals surface area contributed by atoms with Crippen molar-refractivity contribution in [2.75, 3.05) is 0 Å². The lowest BCUT2D eigenvalue weighted by Gasteiger charge is -2.17. The van der Waals surface area contributed by atoms with Crippen LogP contribution >= 0.6 is 0 Å². The molecule has 2 amide bonds. The van der Waals surface area contributed by atoms with Gasteiger partial charge in [0, 0.05) is 12.3 Å². The monoisotopic (exact) mass is 333 g/mol. The van der Waals surface area contributed by atoms with Gasteiger partial charge in [0.2, 0.25) is 0 Å². The number of fused-ring (bicyclic) bond motifs is 1. The molecule has 2 aromatic carbocycles. The van der Waals surface area contributed by atoms with Crippen LogP contribution in [0, 0.1) is 12.3 Å². The number of carbonyl (C=O) groups excluding carboxylic acids is 3. The van der Waals surface area contributed by atoms with Crippen LogP contribution in [0.5, 0.6) is 0 Å². The molecule has 5 heteroatoms. The Balaban J connectivity index is 1.71. The molecule has 0 aromatic heterocycles. The lowest BCUT2D eigenvalue weighted by atomic mass is 9.93. The number of terminal acetylenes is 1. The number of hydrogen-bond donors (Lipinski definition) is 0. The molecule has 1 atom stereocenters. The van der Waals surface area contributed by atoms with Crippen molar-refractivity contribution >= 4 is 17.8 Å². The molecule has 0 aliphatic carbocycles. The third kappa shape index (κ3) is 3.29. The number of imide groups is 1. The van der Waals surface area contributed by atoms with Crippen molar-refractivity contribution in [2.24, 2.45) is 0 Å². The summed E-state index contributed by atoms with van der Waals surface area (Å²) in [6.07, 6.45) is 5.71. The van der Waals surface area contributed by atoms with Gasteiger partial charge in [-0.25, -0.2) is 4.79 Å². The first kappa shape index (κ1) is 16.5. The Bertz CT molecular complexity index is 832. The van der Waals surface area contributed by atoms with E-state index in [9.17, 15) is 14.4 Å². The minimum absolute atomic E-state index is 0.0262. The topological polar surface area (TPSA) is 63.7 Å². The van der Waals surface area contributed by atoms with E-state index >= 15 is 0 Å². The molecule has 0 fully saturated rings. The van der Waals surface area contributed by atoms with Crippen molar-refractivity contribution in [3.8, 4) is 12.3 Å². The Kier molecular flexibility index (Phi) is 4.62. The number of nitrogens with zero attached hydrogens (tertiary/aromatic N) is 1. The minimum Gasteiger partial charge on any atom is -0.330 e. The van der Waals surface area contributed by atoms with Gasteiger partial charge in [-0.2, -0.15) is 0 Å². The van der Waals surface area contributed by atoms with Crippen LogP contribution in [0.1, 0.15) is 45.0 Å². The number of rotatable bonds is 5. The van der Waals surface area contributed by atoms with Gasteiger partial charge in [-0.1, -0.05) is 47.5 Å². The summed E-state index contributed by atoms with van der Waals surface area (Å²) < 4.78 is 0. The normalized spacial score (nSPS) is 14.0. The second kappa shape index (κ2) is 7.02. The van der Waals surface area contributed by atoms with Crippen molar-refractivity contribution in [1.29, 1.82) is 0 Å².